The van der Waals surface area contributed by atoms with Crippen LogP contribution in [0.15, 0.2) is 30.3 Å². The van der Waals surface area contributed by atoms with Crippen LogP contribution in [0.2, 0.25) is 0 Å². The smallest absolute Gasteiger partial charge is 0.328 e. The number of pyridine rings is 1. The SMILES string of the molecule is CN(c1nc2ccccc2cc1C(N)=O)C(C)(C)C(=O)O. The van der Waals surface area contributed by atoms with E-state index in [1.54, 1.807) is 19.2 Å². The molecule has 0 aliphatic rings. The number of primary amides is 1. The molecule has 6 heteroatoms. The number of nitrogens with two attached hydrogens (primary N) is 1. The van der Waals surface area contributed by atoms with E-state index in [4.69, 9.17) is 5.73 Å². The minimum Gasteiger partial charge on any atom is -0.480 e. The summed E-state index contributed by atoms with van der Waals surface area (Å²) in [6.45, 7) is 3.08. The zero-order valence-corrected chi connectivity index (χ0v) is 12.1. The molecule has 0 aliphatic heterocycles. The Morgan fingerprint density at radius 1 is 1.29 bits per heavy atom. The molecule has 0 unspecified atom stereocenters. The normalized spacial score (nSPS) is 11.4. The van der Waals surface area contributed by atoms with Crippen molar-refractivity contribution in [2.45, 2.75) is 19.4 Å². The van der Waals surface area contributed by atoms with Crippen LogP contribution in [0.4, 0.5) is 5.82 Å². The van der Waals surface area contributed by atoms with Crippen LogP contribution in [0.25, 0.3) is 10.9 Å². The first-order chi connectivity index (χ1) is 9.75. The average molecular weight is 287 g/mol. The number of fused-ring (bicyclic) bond motifs is 1. The predicted octanol–water partition coefficient (Wildman–Crippen LogP) is 1.63. The number of hydrogen-bond donors (Lipinski definition) is 2. The van der Waals surface area contributed by atoms with Gasteiger partial charge in [-0.1, -0.05) is 18.2 Å². The number of rotatable bonds is 4. The lowest BCUT2D eigenvalue weighted by Gasteiger charge is -2.33. The number of para-hydroxylation sites is 1. The van der Waals surface area contributed by atoms with Crippen molar-refractivity contribution in [1.82, 2.24) is 4.98 Å². The first kappa shape index (κ1) is 14.8. The Morgan fingerprint density at radius 3 is 2.48 bits per heavy atom. The van der Waals surface area contributed by atoms with Gasteiger partial charge in [-0.25, -0.2) is 9.78 Å². The van der Waals surface area contributed by atoms with E-state index in [2.05, 4.69) is 4.98 Å². The standard InChI is InChI=1S/C15H17N3O3/c1-15(2,14(20)21)18(3)13-10(12(16)19)8-9-6-4-5-7-11(9)17-13/h4-8H,1-3H3,(H2,16,19)(H,20,21). The fourth-order valence-corrected chi connectivity index (χ4v) is 1.95. The van der Waals surface area contributed by atoms with E-state index in [-0.39, 0.29) is 11.4 Å². The number of benzene rings is 1. The number of anilines is 1. The van der Waals surface area contributed by atoms with Crippen LogP contribution in [0.1, 0.15) is 24.2 Å². The Hall–Kier alpha value is -2.63. The minimum atomic E-state index is -1.22. The zero-order chi connectivity index (χ0) is 15.8. The molecular formula is C15H17N3O3. The molecule has 0 atom stereocenters. The van der Waals surface area contributed by atoms with E-state index in [0.717, 1.165) is 5.39 Å². The summed E-state index contributed by atoms with van der Waals surface area (Å²) in [6, 6.07) is 8.91. The number of carbonyl (C=O) groups is 2. The summed E-state index contributed by atoms with van der Waals surface area (Å²) in [5.74, 6) is -1.40. The summed E-state index contributed by atoms with van der Waals surface area (Å²) in [5, 5.41) is 10.1. The van der Waals surface area contributed by atoms with Gasteiger partial charge < -0.3 is 15.7 Å². The van der Waals surface area contributed by atoms with Crippen molar-refractivity contribution >= 4 is 28.6 Å². The second kappa shape index (κ2) is 5.05. The van der Waals surface area contributed by atoms with E-state index in [9.17, 15) is 14.7 Å². The number of nitrogens with zero attached hydrogens (tertiary/aromatic N) is 2. The third kappa shape index (κ3) is 2.52. The molecule has 2 aromatic rings. The molecule has 0 fully saturated rings. The highest BCUT2D eigenvalue weighted by Gasteiger charge is 2.34. The van der Waals surface area contributed by atoms with Crippen molar-refractivity contribution in [3.05, 3.63) is 35.9 Å². The third-order valence-corrected chi connectivity index (χ3v) is 3.65. The van der Waals surface area contributed by atoms with Crippen molar-refractivity contribution in [1.29, 1.82) is 0 Å². The van der Waals surface area contributed by atoms with Crippen LogP contribution < -0.4 is 10.6 Å². The van der Waals surface area contributed by atoms with Gasteiger partial charge in [0.15, 0.2) is 0 Å². The average Bonchev–Trinajstić information content (AvgIpc) is 2.44. The van der Waals surface area contributed by atoms with Gasteiger partial charge in [0.25, 0.3) is 5.91 Å². The van der Waals surface area contributed by atoms with E-state index in [1.807, 2.05) is 18.2 Å². The molecule has 21 heavy (non-hydrogen) atoms. The van der Waals surface area contributed by atoms with Gasteiger partial charge in [-0.3, -0.25) is 4.79 Å². The highest BCUT2D eigenvalue weighted by atomic mass is 16.4. The van der Waals surface area contributed by atoms with Gasteiger partial charge in [0.05, 0.1) is 11.1 Å². The monoisotopic (exact) mass is 287 g/mol. The molecule has 0 aliphatic carbocycles. The van der Waals surface area contributed by atoms with Crippen LogP contribution in [-0.4, -0.2) is 34.6 Å². The molecule has 3 N–H and O–H groups in total. The minimum absolute atomic E-state index is 0.200. The van der Waals surface area contributed by atoms with E-state index >= 15 is 0 Å². The first-order valence-electron chi connectivity index (χ1n) is 6.42. The Balaban J connectivity index is 2.69. The molecule has 0 bridgehead atoms. The van der Waals surface area contributed by atoms with Crippen LogP contribution in [0.3, 0.4) is 0 Å². The van der Waals surface area contributed by atoms with Gasteiger partial charge in [0, 0.05) is 12.4 Å². The van der Waals surface area contributed by atoms with Gasteiger partial charge in [-0.05, 0) is 26.0 Å². The van der Waals surface area contributed by atoms with Crippen molar-refractivity contribution in [2.75, 3.05) is 11.9 Å². The van der Waals surface area contributed by atoms with Crippen molar-refractivity contribution in [3.63, 3.8) is 0 Å². The molecule has 6 nitrogen and oxygen atoms in total. The summed E-state index contributed by atoms with van der Waals surface area (Å²) in [7, 11) is 1.58. The highest BCUT2D eigenvalue weighted by Crippen LogP contribution is 2.27. The summed E-state index contributed by atoms with van der Waals surface area (Å²) in [6.07, 6.45) is 0. The second-order valence-electron chi connectivity index (χ2n) is 5.34. The lowest BCUT2D eigenvalue weighted by Crippen LogP contribution is -2.49. The molecule has 1 amide bonds. The lowest BCUT2D eigenvalue weighted by molar-refractivity contribution is -0.142. The molecule has 0 radical (unpaired) electrons. The molecule has 0 saturated heterocycles. The van der Waals surface area contributed by atoms with Crippen molar-refractivity contribution in [2.24, 2.45) is 5.73 Å². The maximum Gasteiger partial charge on any atom is 0.328 e. The number of aliphatic carboxylic acids is 1. The molecule has 0 saturated carbocycles. The Morgan fingerprint density at radius 2 is 1.90 bits per heavy atom. The largest absolute Gasteiger partial charge is 0.480 e. The number of hydrogen-bond acceptors (Lipinski definition) is 4. The van der Waals surface area contributed by atoms with Crippen molar-refractivity contribution in [3.8, 4) is 0 Å². The molecule has 110 valence electrons. The van der Waals surface area contributed by atoms with Gasteiger partial charge in [-0.2, -0.15) is 0 Å². The fraction of sp³-hybridized carbons (Fsp3) is 0.267. The fourth-order valence-electron chi connectivity index (χ4n) is 1.95. The van der Waals surface area contributed by atoms with E-state index in [1.165, 1.54) is 18.7 Å². The number of carboxylic acids is 1. The Labute approximate surface area is 122 Å². The Kier molecular flexibility index (Phi) is 3.55. The third-order valence-electron chi connectivity index (χ3n) is 3.65. The number of aromatic nitrogens is 1. The lowest BCUT2D eigenvalue weighted by atomic mass is 10.0. The summed E-state index contributed by atoms with van der Waals surface area (Å²) in [5.41, 5.74) is 5.06. The number of amides is 1. The zero-order valence-electron chi connectivity index (χ0n) is 12.1. The highest BCUT2D eigenvalue weighted by molar-refractivity contribution is 6.02. The van der Waals surface area contributed by atoms with Gasteiger partial charge >= 0.3 is 5.97 Å². The van der Waals surface area contributed by atoms with Gasteiger partial charge in [0.1, 0.15) is 11.4 Å². The molecule has 1 aromatic carbocycles. The molecular weight excluding hydrogens is 270 g/mol. The van der Waals surface area contributed by atoms with Crippen LogP contribution in [0.5, 0.6) is 0 Å². The molecule has 0 spiro atoms. The first-order valence-corrected chi connectivity index (χ1v) is 6.42. The predicted molar refractivity (Wildman–Crippen MR) is 80.4 cm³/mol. The van der Waals surface area contributed by atoms with Crippen LogP contribution >= 0.6 is 0 Å². The summed E-state index contributed by atoms with van der Waals surface area (Å²) < 4.78 is 0. The van der Waals surface area contributed by atoms with Crippen LogP contribution in [-0.2, 0) is 4.79 Å². The number of carboxylic acid groups (broad SMARTS) is 1. The summed E-state index contributed by atoms with van der Waals surface area (Å²) >= 11 is 0. The quantitative estimate of drug-likeness (QED) is 0.891. The number of carbonyl (C=O) groups excluding carboxylic acids is 1. The maximum absolute atomic E-state index is 11.7. The molecule has 1 heterocycles. The molecule has 1 aromatic heterocycles. The Bertz CT molecular complexity index is 725. The summed E-state index contributed by atoms with van der Waals surface area (Å²) in [4.78, 5) is 28.9. The van der Waals surface area contributed by atoms with Gasteiger partial charge in [-0.15, -0.1) is 0 Å². The number of likely N-dealkylation sites (N-methyl/N-ethyl adjacent to an activating group) is 1. The van der Waals surface area contributed by atoms with E-state index in [0.29, 0.717) is 5.52 Å². The molecule has 2 rings (SSSR count). The maximum atomic E-state index is 11.7. The van der Waals surface area contributed by atoms with Crippen LogP contribution in [0, 0.1) is 0 Å². The van der Waals surface area contributed by atoms with E-state index < -0.39 is 17.4 Å². The second-order valence-corrected chi connectivity index (χ2v) is 5.34. The van der Waals surface area contributed by atoms with Gasteiger partial charge in [0.2, 0.25) is 0 Å². The topological polar surface area (TPSA) is 96.5 Å². The van der Waals surface area contributed by atoms with Crippen molar-refractivity contribution < 1.29 is 14.7 Å².